The van der Waals surface area contributed by atoms with Gasteiger partial charge in [0.25, 0.3) is 5.91 Å². The number of methoxy groups -OCH3 is 1. The first kappa shape index (κ1) is 18.8. The lowest BCUT2D eigenvalue weighted by molar-refractivity contribution is 0.0512. The minimum atomic E-state index is -0.0832. The van der Waals surface area contributed by atoms with Crippen LogP contribution in [0.4, 0.5) is 0 Å². The number of hydrogen-bond donors (Lipinski definition) is 3. The number of amides is 1. The number of ether oxygens (including phenoxy) is 3. The van der Waals surface area contributed by atoms with Gasteiger partial charge < -0.3 is 29.8 Å². The van der Waals surface area contributed by atoms with Crippen molar-refractivity contribution in [3.63, 3.8) is 0 Å². The number of aromatic amines is 1. The van der Waals surface area contributed by atoms with Crippen LogP contribution in [0.3, 0.4) is 0 Å². The fourth-order valence-corrected chi connectivity index (χ4v) is 4.00. The molecule has 28 heavy (non-hydrogen) atoms. The molecule has 2 aliphatic heterocycles. The molecule has 150 valence electrons. The summed E-state index contributed by atoms with van der Waals surface area (Å²) in [5, 5.41) is 6.50. The molecule has 0 saturated carbocycles. The number of carbonyl (C=O) groups is 1. The molecule has 0 bridgehead atoms. The van der Waals surface area contributed by atoms with Crippen molar-refractivity contribution >= 4 is 5.91 Å². The number of carbonyl (C=O) groups excluding carboxylic acids is 1. The molecule has 1 fully saturated rings. The molecule has 2 aromatic rings. The third-order valence-corrected chi connectivity index (χ3v) is 5.58. The van der Waals surface area contributed by atoms with Gasteiger partial charge in [-0.05, 0) is 43.6 Å². The number of hydrogen-bond acceptors (Lipinski definition) is 5. The lowest BCUT2D eigenvalue weighted by Crippen LogP contribution is -2.47. The van der Waals surface area contributed by atoms with Crippen LogP contribution in [0.25, 0.3) is 11.1 Å². The van der Waals surface area contributed by atoms with Crippen LogP contribution in [0.15, 0.2) is 30.6 Å². The first-order chi connectivity index (χ1) is 13.7. The Kier molecular flexibility index (Phi) is 5.54. The molecule has 1 aromatic heterocycles. The third kappa shape index (κ3) is 3.86. The summed E-state index contributed by atoms with van der Waals surface area (Å²) in [4.78, 5) is 16.0. The minimum Gasteiger partial charge on any atom is -0.486 e. The smallest absolute Gasteiger partial charge is 0.253 e. The highest BCUT2D eigenvalue weighted by molar-refractivity contribution is 6.01. The van der Waals surface area contributed by atoms with Crippen molar-refractivity contribution in [3.05, 3.63) is 36.2 Å². The van der Waals surface area contributed by atoms with Crippen LogP contribution >= 0.6 is 0 Å². The van der Waals surface area contributed by atoms with E-state index >= 15 is 0 Å². The Morgan fingerprint density at radius 3 is 2.75 bits per heavy atom. The third-order valence-electron chi connectivity index (χ3n) is 5.58. The van der Waals surface area contributed by atoms with Gasteiger partial charge in [-0.15, -0.1) is 0 Å². The summed E-state index contributed by atoms with van der Waals surface area (Å²) < 4.78 is 16.7. The molecule has 0 atom stereocenters. The maximum Gasteiger partial charge on any atom is 0.253 e. The highest BCUT2D eigenvalue weighted by atomic mass is 16.6. The van der Waals surface area contributed by atoms with Gasteiger partial charge in [0.1, 0.15) is 13.2 Å². The summed E-state index contributed by atoms with van der Waals surface area (Å²) in [6, 6.07) is 5.77. The maximum atomic E-state index is 12.9. The van der Waals surface area contributed by atoms with E-state index in [0.717, 1.165) is 42.8 Å². The second-order valence-corrected chi connectivity index (χ2v) is 7.51. The van der Waals surface area contributed by atoms with E-state index in [9.17, 15) is 4.79 Å². The van der Waals surface area contributed by atoms with Crippen LogP contribution in [-0.4, -0.2) is 57.5 Å². The molecule has 1 amide bonds. The lowest BCUT2D eigenvalue weighted by Gasteiger charge is -2.37. The highest BCUT2D eigenvalue weighted by Crippen LogP contribution is 2.35. The Labute approximate surface area is 164 Å². The van der Waals surface area contributed by atoms with Crippen molar-refractivity contribution in [1.29, 1.82) is 0 Å². The van der Waals surface area contributed by atoms with Crippen LogP contribution in [0, 0.1) is 5.41 Å². The summed E-state index contributed by atoms with van der Waals surface area (Å²) in [7, 11) is 1.72. The number of fused-ring (bicyclic) bond motifs is 1. The molecule has 1 aromatic carbocycles. The largest absolute Gasteiger partial charge is 0.486 e. The van der Waals surface area contributed by atoms with Gasteiger partial charge in [-0.25, -0.2) is 0 Å². The summed E-state index contributed by atoms with van der Waals surface area (Å²) >= 11 is 0. The van der Waals surface area contributed by atoms with Crippen LogP contribution in [0.1, 0.15) is 23.2 Å². The molecule has 0 aliphatic carbocycles. The van der Waals surface area contributed by atoms with E-state index < -0.39 is 0 Å². The molecule has 4 rings (SSSR count). The van der Waals surface area contributed by atoms with Crippen molar-refractivity contribution in [2.45, 2.75) is 12.8 Å². The van der Waals surface area contributed by atoms with E-state index in [0.29, 0.717) is 37.7 Å². The summed E-state index contributed by atoms with van der Waals surface area (Å²) in [6.45, 7) is 4.25. The predicted octanol–water partition coefficient (Wildman–Crippen LogP) is 2.20. The first-order valence-electron chi connectivity index (χ1n) is 9.75. The molecular formula is C21H27N3O4. The molecule has 1 saturated heterocycles. The molecule has 0 radical (unpaired) electrons. The quantitative estimate of drug-likeness (QED) is 0.710. The van der Waals surface area contributed by atoms with Crippen molar-refractivity contribution in [2.75, 3.05) is 46.6 Å². The summed E-state index contributed by atoms with van der Waals surface area (Å²) in [5.41, 5.74) is 2.38. The fourth-order valence-electron chi connectivity index (χ4n) is 4.00. The monoisotopic (exact) mass is 385 g/mol. The SMILES string of the molecule is COCC1(CNC(=O)c2c[nH]cc2-c2ccc3c(c2)OCCO3)CCNCC1. The summed E-state index contributed by atoms with van der Waals surface area (Å²) in [5.74, 6) is 1.37. The Morgan fingerprint density at radius 1 is 1.18 bits per heavy atom. The molecule has 0 spiro atoms. The van der Waals surface area contributed by atoms with Gasteiger partial charge in [0, 0.05) is 37.0 Å². The van der Waals surface area contributed by atoms with E-state index in [1.54, 1.807) is 13.3 Å². The number of piperidine rings is 1. The van der Waals surface area contributed by atoms with Gasteiger partial charge in [0.05, 0.1) is 12.2 Å². The molecule has 7 heteroatoms. The second kappa shape index (κ2) is 8.24. The number of aromatic nitrogens is 1. The van der Waals surface area contributed by atoms with Crippen LogP contribution < -0.4 is 20.1 Å². The summed E-state index contributed by atoms with van der Waals surface area (Å²) in [6.07, 6.45) is 5.56. The molecule has 3 N–H and O–H groups in total. The molecular weight excluding hydrogens is 358 g/mol. The van der Waals surface area contributed by atoms with Gasteiger partial charge in [-0.3, -0.25) is 4.79 Å². The number of rotatable bonds is 6. The first-order valence-corrected chi connectivity index (χ1v) is 9.75. The number of benzene rings is 1. The van der Waals surface area contributed by atoms with Gasteiger partial charge in [0.2, 0.25) is 0 Å². The van der Waals surface area contributed by atoms with Gasteiger partial charge in [-0.2, -0.15) is 0 Å². The van der Waals surface area contributed by atoms with Crippen molar-refractivity contribution in [3.8, 4) is 22.6 Å². The van der Waals surface area contributed by atoms with E-state index in [1.807, 2.05) is 24.4 Å². The Morgan fingerprint density at radius 2 is 1.96 bits per heavy atom. The maximum absolute atomic E-state index is 12.9. The van der Waals surface area contributed by atoms with Gasteiger partial charge >= 0.3 is 0 Å². The van der Waals surface area contributed by atoms with Crippen LogP contribution in [-0.2, 0) is 4.74 Å². The van der Waals surface area contributed by atoms with Crippen molar-refractivity contribution in [2.24, 2.45) is 5.41 Å². The minimum absolute atomic E-state index is 0.0108. The zero-order valence-corrected chi connectivity index (χ0v) is 16.2. The van der Waals surface area contributed by atoms with Crippen molar-refractivity contribution in [1.82, 2.24) is 15.6 Å². The van der Waals surface area contributed by atoms with E-state index in [-0.39, 0.29) is 11.3 Å². The van der Waals surface area contributed by atoms with E-state index in [4.69, 9.17) is 14.2 Å². The topological polar surface area (TPSA) is 84.6 Å². The molecule has 2 aliphatic rings. The molecule has 3 heterocycles. The standard InChI is InChI=1S/C21H27N3O4/c1-26-14-21(4-6-22-7-5-21)13-24-20(25)17-12-23-11-16(17)15-2-3-18-19(10-15)28-9-8-27-18/h2-3,10-12,22-23H,4-9,13-14H2,1H3,(H,24,25). The number of H-pyrrole nitrogens is 1. The Bertz CT molecular complexity index is 821. The van der Waals surface area contributed by atoms with Gasteiger partial charge in [0.15, 0.2) is 11.5 Å². The predicted molar refractivity (Wildman–Crippen MR) is 106 cm³/mol. The normalized spacial score (nSPS) is 17.9. The van der Waals surface area contributed by atoms with E-state index in [2.05, 4.69) is 15.6 Å². The molecule has 7 nitrogen and oxygen atoms in total. The zero-order chi connectivity index (χ0) is 19.4. The highest BCUT2D eigenvalue weighted by Gasteiger charge is 2.33. The Hall–Kier alpha value is -2.51. The van der Waals surface area contributed by atoms with Gasteiger partial charge in [-0.1, -0.05) is 6.07 Å². The van der Waals surface area contributed by atoms with E-state index in [1.165, 1.54) is 0 Å². The number of nitrogens with one attached hydrogen (secondary N) is 3. The van der Waals surface area contributed by atoms with Crippen molar-refractivity contribution < 1.29 is 19.0 Å². The average molecular weight is 385 g/mol. The zero-order valence-electron chi connectivity index (χ0n) is 16.2. The second-order valence-electron chi connectivity index (χ2n) is 7.51. The lowest BCUT2D eigenvalue weighted by atomic mass is 9.79. The molecule has 0 unspecified atom stereocenters. The van der Waals surface area contributed by atoms with Crippen LogP contribution in [0.5, 0.6) is 11.5 Å². The average Bonchev–Trinajstić information content (AvgIpc) is 3.23. The van der Waals surface area contributed by atoms with Crippen LogP contribution in [0.2, 0.25) is 0 Å². The Balaban J connectivity index is 1.50. The fraction of sp³-hybridized carbons (Fsp3) is 0.476.